The van der Waals surface area contributed by atoms with Crippen LogP contribution in [0.25, 0.3) is 11.0 Å². The van der Waals surface area contributed by atoms with E-state index in [1.165, 1.54) is 12.1 Å². The first-order valence-electron chi connectivity index (χ1n) is 7.64. The van der Waals surface area contributed by atoms with Gasteiger partial charge in [0.25, 0.3) is 0 Å². The van der Waals surface area contributed by atoms with Gasteiger partial charge in [0, 0.05) is 10.9 Å². The fraction of sp³-hybridized carbons (Fsp3) is 0.529. The topological polar surface area (TPSA) is 59.3 Å². The number of benzene rings is 1. The molecule has 23 heavy (non-hydrogen) atoms. The third-order valence-electron chi connectivity index (χ3n) is 3.97. The van der Waals surface area contributed by atoms with E-state index < -0.39 is 20.8 Å². The first kappa shape index (κ1) is 17.9. The van der Waals surface area contributed by atoms with Gasteiger partial charge in [-0.25, -0.2) is 17.5 Å². The molecule has 0 aliphatic rings. The minimum Gasteiger partial charge on any atom is -0.459 e. The minimum absolute atomic E-state index is 0.0174. The molecule has 1 N–H and O–H groups in total. The Hall–Kier alpha value is -1.40. The number of nitrogens with one attached hydrogen (secondary N) is 1. The lowest BCUT2D eigenvalue weighted by molar-refractivity contribution is 0.383. The molecule has 0 bridgehead atoms. The average molecular weight is 341 g/mol. The second-order valence-corrected chi connectivity index (χ2v) is 9.65. The maximum atomic E-state index is 13.5. The number of hydrogen-bond donors (Lipinski definition) is 1. The number of hydrogen-bond acceptors (Lipinski definition) is 3. The molecule has 1 atom stereocenters. The molecular formula is C17H24FNO3S. The summed E-state index contributed by atoms with van der Waals surface area (Å²) in [5, 5.41) is 0.667. The highest BCUT2D eigenvalue weighted by molar-refractivity contribution is 7.90. The molecule has 1 heterocycles. The predicted octanol–water partition coefficient (Wildman–Crippen LogP) is 4.30. The Morgan fingerprint density at radius 1 is 1.22 bits per heavy atom. The van der Waals surface area contributed by atoms with Crippen LogP contribution in [0.5, 0.6) is 0 Å². The molecule has 128 valence electrons. The zero-order valence-electron chi connectivity index (χ0n) is 14.4. The number of rotatable bonds is 4. The lowest BCUT2D eigenvalue weighted by Crippen LogP contribution is -2.42. The van der Waals surface area contributed by atoms with Crippen molar-refractivity contribution >= 4 is 21.0 Å². The summed E-state index contributed by atoms with van der Waals surface area (Å²) in [5.74, 6) is 0.175. The Labute approximate surface area is 137 Å². The average Bonchev–Trinajstić information content (AvgIpc) is 2.72. The molecule has 1 aromatic carbocycles. The van der Waals surface area contributed by atoms with Crippen LogP contribution in [0.1, 0.15) is 52.0 Å². The Balaban J connectivity index is 2.53. The lowest BCUT2D eigenvalue weighted by atomic mass is 9.99. The van der Waals surface area contributed by atoms with Gasteiger partial charge < -0.3 is 4.42 Å². The maximum Gasteiger partial charge on any atom is 0.217 e. The van der Waals surface area contributed by atoms with Gasteiger partial charge in [-0.1, -0.05) is 13.8 Å². The van der Waals surface area contributed by atoms with Crippen molar-refractivity contribution in [1.82, 2.24) is 4.72 Å². The third kappa shape index (κ3) is 3.43. The smallest absolute Gasteiger partial charge is 0.217 e. The summed E-state index contributed by atoms with van der Waals surface area (Å²) < 4.78 is 46.1. The Morgan fingerprint density at radius 3 is 2.35 bits per heavy atom. The van der Waals surface area contributed by atoms with Crippen LogP contribution in [0.4, 0.5) is 4.39 Å². The van der Waals surface area contributed by atoms with Gasteiger partial charge in [-0.2, -0.15) is 0 Å². The van der Waals surface area contributed by atoms with Crippen molar-refractivity contribution in [2.75, 3.05) is 0 Å². The van der Waals surface area contributed by atoms with Crippen molar-refractivity contribution in [1.29, 1.82) is 0 Å². The zero-order valence-corrected chi connectivity index (χ0v) is 15.2. The number of halogens is 1. The standard InChI is InChI=1S/C17H24FNO3S/c1-10(2)15(19-23(20,21)17(4,5)6)16-11(3)13-9-12(18)7-8-14(13)22-16/h7-10,15,19H,1-6H3/t15-/m0/s1. The zero-order chi connectivity index (χ0) is 17.6. The molecule has 0 aliphatic heterocycles. The summed E-state index contributed by atoms with van der Waals surface area (Å²) in [5.41, 5.74) is 1.31. The third-order valence-corrected chi connectivity index (χ3v) is 6.15. The van der Waals surface area contributed by atoms with Gasteiger partial charge in [0.15, 0.2) is 0 Å². The van der Waals surface area contributed by atoms with Crippen LogP contribution >= 0.6 is 0 Å². The number of aryl methyl sites for hydroxylation is 1. The Morgan fingerprint density at radius 2 is 1.83 bits per heavy atom. The normalized spacial score (nSPS) is 14.6. The quantitative estimate of drug-likeness (QED) is 0.902. The number of sulfonamides is 1. The van der Waals surface area contributed by atoms with Crippen LogP contribution in [0.15, 0.2) is 22.6 Å². The van der Waals surface area contributed by atoms with Gasteiger partial charge in [0.2, 0.25) is 10.0 Å². The maximum absolute atomic E-state index is 13.5. The first-order valence-corrected chi connectivity index (χ1v) is 9.13. The fourth-order valence-corrected chi connectivity index (χ4v) is 3.41. The second-order valence-electron chi connectivity index (χ2n) is 7.19. The van der Waals surface area contributed by atoms with E-state index in [-0.39, 0.29) is 11.7 Å². The van der Waals surface area contributed by atoms with Crippen LogP contribution in [-0.2, 0) is 10.0 Å². The highest BCUT2D eigenvalue weighted by atomic mass is 32.2. The molecular weight excluding hydrogens is 317 g/mol. The van der Waals surface area contributed by atoms with E-state index in [0.717, 1.165) is 5.56 Å². The van der Waals surface area contributed by atoms with Crippen molar-refractivity contribution in [2.45, 2.75) is 52.3 Å². The molecule has 6 heteroatoms. The van der Waals surface area contributed by atoms with Gasteiger partial charge in [-0.3, -0.25) is 0 Å². The van der Waals surface area contributed by atoms with Crippen molar-refractivity contribution in [3.63, 3.8) is 0 Å². The highest BCUT2D eigenvalue weighted by Crippen LogP contribution is 2.34. The molecule has 1 aromatic heterocycles. The summed E-state index contributed by atoms with van der Waals surface area (Å²) in [6.45, 7) is 10.6. The molecule has 0 amide bonds. The van der Waals surface area contributed by atoms with E-state index in [4.69, 9.17) is 4.42 Å². The molecule has 0 radical (unpaired) electrons. The molecule has 0 unspecified atom stereocenters. The van der Waals surface area contributed by atoms with Crippen LogP contribution < -0.4 is 4.72 Å². The minimum atomic E-state index is -3.54. The van der Waals surface area contributed by atoms with Crippen molar-refractivity contribution in [2.24, 2.45) is 5.92 Å². The summed E-state index contributed by atoms with van der Waals surface area (Å²) in [7, 11) is -3.54. The van der Waals surface area contributed by atoms with Gasteiger partial charge in [-0.05, 0) is 51.8 Å². The number of furan rings is 1. The van der Waals surface area contributed by atoms with E-state index in [1.54, 1.807) is 26.8 Å². The second kappa shape index (κ2) is 5.91. The van der Waals surface area contributed by atoms with Crippen LogP contribution in [0, 0.1) is 18.7 Å². The summed E-state index contributed by atoms with van der Waals surface area (Å²) >= 11 is 0. The van der Waals surface area contributed by atoms with E-state index in [2.05, 4.69) is 4.72 Å². The van der Waals surface area contributed by atoms with Gasteiger partial charge >= 0.3 is 0 Å². The Bertz CT molecular complexity index is 816. The van der Waals surface area contributed by atoms with Crippen molar-refractivity contribution in [3.05, 3.63) is 35.3 Å². The SMILES string of the molecule is Cc1c([C@@H](NS(=O)(=O)C(C)(C)C)C(C)C)oc2ccc(F)cc12. The molecule has 4 nitrogen and oxygen atoms in total. The molecule has 2 rings (SSSR count). The molecule has 0 saturated carbocycles. The van der Waals surface area contributed by atoms with Gasteiger partial charge in [0.1, 0.15) is 17.2 Å². The van der Waals surface area contributed by atoms with E-state index >= 15 is 0 Å². The molecule has 0 saturated heterocycles. The Kier molecular flexibility index (Phi) is 4.61. The molecule has 2 aromatic rings. The van der Waals surface area contributed by atoms with E-state index in [9.17, 15) is 12.8 Å². The van der Waals surface area contributed by atoms with Gasteiger partial charge in [-0.15, -0.1) is 0 Å². The molecule has 0 fully saturated rings. The summed E-state index contributed by atoms with van der Waals surface area (Å²) in [6, 6.07) is 3.80. The van der Waals surface area contributed by atoms with E-state index in [0.29, 0.717) is 16.7 Å². The van der Waals surface area contributed by atoms with E-state index in [1.807, 2.05) is 20.8 Å². The van der Waals surface area contributed by atoms with Crippen molar-refractivity contribution < 1.29 is 17.2 Å². The fourth-order valence-electron chi connectivity index (χ4n) is 2.35. The monoisotopic (exact) mass is 341 g/mol. The molecule has 0 spiro atoms. The predicted molar refractivity (Wildman–Crippen MR) is 90.3 cm³/mol. The first-order chi connectivity index (χ1) is 10.4. The largest absolute Gasteiger partial charge is 0.459 e. The number of fused-ring (bicyclic) bond motifs is 1. The lowest BCUT2D eigenvalue weighted by Gasteiger charge is -2.26. The molecule has 0 aliphatic carbocycles. The summed E-state index contributed by atoms with van der Waals surface area (Å²) in [4.78, 5) is 0. The highest BCUT2D eigenvalue weighted by Gasteiger charge is 2.34. The van der Waals surface area contributed by atoms with Crippen LogP contribution in [-0.4, -0.2) is 13.2 Å². The van der Waals surface area contributed by atoms with Gasteiger partial charge in [0.05, 0.1) is 10.8 Å². The van der Waals surface area contributed by atoms with Crippen LogP contribution in [0.3, 0.4) is 0 Å². The van der Waals surface area contributed by atoms with Crippen LogP contribution in [0.2, 0.25) is 0 Å². The van der Waals surface area contributed by atoms with Crippen molar-refractivity contribution in [3.8, 4) is 0 Å². The summed E-state index contributed by atoms with van der Waals surface area (Å²) in [6.07, 6.45) is 0.